The molecule has 3 fully saturated rings. The predicted molar refractivity (Wildman–Crippen MR) is 194 cm³/mol. The number of hydrogen-bond donors (Lipinski definition) is 3. The van der Waals surface area contributed by atoms with Gasteiger partial charge in [-0.25, -0.2) is 4.79 Å². The normalized spacial score (nSPS) is 18.5. The van der Waals surface area contributed by atoms with Crippen LogP contribution >= 0.6 is 57.5 Å². The Morgan fingerprint density at radius 2 is 1.46 bits per heavy atom. The lowest BCUT2D eigenvalue weighted by molar-refractivity contribution is -0.148. The van der Waals surface area contributed by atoms with Crippen molar-refractivity contribution in [2.75, 3.05) is 18.1 Å². The van der Waals surface area contributed by atoms with Crippen LogP contribution in [0.25, 0.3) is 0 Å². The molecular weight excluding hydrogens is 707 g/mol. The summed E-state index contributed by atoms with van der Waals surface area (Å²) in [5.74, 6) is -1.26. The monoisotopic (exact) mass is 749 g/mol. The summed E-state index contributed by atoms with van der Waals surface area (Å²) in [5, 5.41) is 36.3. The van der Waals surface area contributed by atoms with Gasteiger partial charge in [-0.05, 0) is 56.6 Å². The number of likely N-dealkylation sites (tertiary alicyclic amines) is 1. The summed E-state index contributed by atoms with van der Waals surface area (Å²) in [6.07, 6.45) is 14.7. The highest BCUT2D eigenvalue weighted by Crippen LogP contribution is 2.32. The number of thioether (sulfide) groups is 2. The van der Waals surface area contributed by atoms with E-state index in [1.165, 1.54) is 127 Å². The molecule has 2 saturated carbocycles. The van der Waals surface area contributed by atoms with Crippen LogP contribution in [0.2, 0.25) is 0 Å². The highest BCUT2D eigenvalue weighted by atomic mass is 32.2. The van der Waals surface area contributed by atoms with Gasteiger partial charge in [-0.1, -0.05) is 90.8 Å². The van der Waals surface area contributed by atoms with E-state index in [0.29, 0.717) is 17.1 Å². The van der Waals surface area contributed by atoms with Crippen LogP contribution in [0.5, 0.6) is 0 Å². The fourth-order valence-corrected chi connectivity index (χ4v) is 10.5. The fourth-order valence-electron chi connectivity index (χ4n) is 6.03. The maximum Gasteiger partial charge on any atom is 0.352 e. The molecule has 3 aromatic heterocycles. The maximum atomic E-state index is 12.9. The first-order valence-electron chi connectivity index (χ1n) is 16.5. The Hall–Kier alpha value is -2.37. The Bertz CT molecular complexity index is 1470. The van der Waals surface area contributed by atoms with E-state index in [-0.39, 0.29) is 24.6 Å². The molecule has 0 spiro atoms. The zero-order valence-corrected chi connectivity index (χ0v) is 31.4. The van der Waals surface area contributed by atoms with Crippen LogP contribution in [0.1, 0.15) is 79.1 Å². The number of rotatable bonds is 13. The van der Waals surface area contributed by atoms with Crippen molar-refractivity contribution in [3.63, 3.8) is 0 Å². The fraction of sp³-hybridized carbons (Fsp3) is 0.594. The molecular formula is C32H43N7O4S5. The first-order chi connectivity index (χ1) is 23.2. The lowest BCUT2D eigenvalue weighted by atomic mass is 9.91. The van der Waals surface area contributed by atoms with Crippen molar-refractivity contribution in [3.05, 3.63) is 43.7 Å². The number of aromatic nitrogens is 4. The number of carbonyl (C=O) groups is 3. The van der Waals surface area contributed by atoms with Gasteiger partial charge in [0, 0.05) is 28.5 Å². The van der Waals surface area contributed by atoms with Gasteiger partial charge in [-0.15, -0.1) is 31.7 Å². The summed E-state index contributed by atoms with van der Waals surface area (Å²) in [4.78, 5) is 39.6. The third-order valence-electron chi connectivity index (χ3n) is 8.42. The van der Waals surface area contributed by atoms with E-state index in [9.17, 15) is 19.5 Å². The average Bonchev–Trinajstić information content (AvgIpc) is 3.85. The summed E-state index contributed by atoms with van der Waals surface area (Å²) in [7, 11) is 0. The summed E-state index contributed by atoms with van der Waals surface area (Å²) < 4.78 is 1.44. The molecule has 2 aliphatic carbocycles. The summed E-state index contributed by atoms with van der Waals surface area (Å²) >= 11 is 7.05. The number of nitrogens with zero attached hydrogens (tertiary/aromatic N) is 5. The molecule has 11 nitrogen and oxygen atoms in total. The van der Waals surface area contributed by atoms with Gasteiger partial charge < -0.3 is 20.6 Å². The molecule has 4 heterocycles. The number of β-lactam (4-membered cyclic amide) rings is 1. The molecule has 0 radical (unpaired) electrons. The van der Waals surface area contributed by atoms with Crippen molar-refractivity contribution in [2.24, 2.45) is 0 Å². The van der Waals surface area contributed by atoms with Crippen molar-refractivity contribution >= 4 is 75.3 Å². The zero-order valence-electron chi connectivity index (χ0n) is 27.3. The Kier molecular flexibility index (Phi) is 14.3. The quantitative estimate of drug-likeness (QED) is 0.106. The second kappa shape index (κ2) is 18.6. The molecule has 1 saturated heterocycles. The van der Waals surface area contributed by atoms with Crippen molar-refractivity contribution in [2.45, 2.75) is 111 Å². The number of carboxylic acids is 1. The molecule has 16 heteroatoms. The molecule has 1 aliphatic heterocycles. The number of amides is 2. The SMILES string of the molecule is C1CCC(NC2CCCCC2)CC1.Cc1nnc(SCC(CSc2nnc(C)s2)=C(C(=O)O)N2CC(NC(=O)Cc3cccs3)C2=O)s1. The number of hydrogen-bond acceptors (Lipinski definition) is 13. The largest absolute Gasteiger partial charge is 0.477 e. The second-order valence-electron chi connectivity index (χ2n) is 12.2. The van der Waals surface area contributed by atoms with Gasteiger partial charge in [0.25, 0.3) is 5.91 Å². The number of thiophene rings is 1. The topological polar surface area (TPSA) is 150 Å². The lowest BCUT2D eigenvalue weighted by Gasteiger charge is -2.39. The minimum absolute atomic E-state index is 0.0683. The van der Waals surface area contributed by atoms with E-state index in [2.05, 4.69) is 31.0 Å². The van der Waals surface area contributed by atoms with E-state index in [1.807, 2.05) is 31.4 Å². The lowest BCUT2D eigenvalue weighted by Crippen LogP contribution is -2.64. The number of aryl methyl sites for hydroxylation is 2. The van der Waals surface area contributed by atoms with Gasteiger partial charge in [-0.3, -0.25) is 9.59 Å². The van der Waals surface area contributed by atoms with Crippen LogP contribution in [0.3, 0.4) is 0 Å². The third kappa shape index (κ3) is 11.1. The van der Waals surface area contributed by atoms with Crippen LogP contribution < -0.4 is 10.6 Å². The molecule has 6 rings (SSSR count). The molecule has 0 aromatic carbocycles. The first-order valence-corrected chi connectivity index (χ1v) is 20.9. The Morgan fingerprint density at radius 3 is 1.90 bits per heavy atom. The minimum Gasteiger partial charge on any atom is -0.477 e. The van der Waals surface area contributed by atoms with Gasteiger partial charge in [0.05, 0.1) is 13.0 Å². The van der Waals surface area contributed by atoms with Crippen molar-refractivity contribution in [1.82, 2.24) is 35.9 Å². The van der Waals surface area contributed by atoms with Crippen molar-refractivity contribution < 1.29 is 19.5 Å². The molecule has 48 heavy (non-hydrogen) atoms. The number of nitrogens with one attached hydrogen (secondary N) is 2. The maximum absolute atomic E-state index is 12.9. The predicted octanol–water partition coefficient (Wildman–Crippen LogP) is 6.10. The van der Waals surface area contributed by atoms with Crippen LogP contribution in [0.4, 0.5) is 0 Å². The van der Waals surface area contributed by atoms with Gasteiger partial charge in [0.1, 0.15) is 21.8 Å². The van der Waals surface area contributed by atoms with E-state index < -0.39 is 17.9 Å². The highest BCUT2D eigenvalue weighted by Gasteiger charge is 2.42. The van der Waals surface area contributed by atoms with E-state index in [1.54, 1.807) is 0 Å². The van der Waals surface area contributed by atoms with Crippen LogP contribution in [-0.2, 0) is 20.8 Å². The van der Waals surface area contributed by atoms with Gasteiger partial charge in [0.15, 0.2) is 8.68 Å². The molecule has 1 unspecified atom stereocenters. The summed E-state index contributed by atoms with van der Waals surface area (Å²) in [5.41, 5.74) is 0.492. The molecule has 3 N–H and O–H groups in total. The van der Waals surface area contributed by atoms with E-state index in [4.69, 9.17) is 0 Å². The number of carbonyl (C=O) groups excluding carboxylic acids is 2. The van der Waals surface area contributed by atoms with Crippen molar-refractivity contribution in [3.8, 4) is 0 Å². The molecule has 3 aliphatic rings. The van der Waals surface area contributed by atoms with Crippen LogP contribution in [-0.4, -0.2) is 84.4 Å². The van der Waals surface area contributed by atoms with Crippen LogP contribution in [0.15, 0.2) is 37.5 Å². The zero-order chi connectivity index (χ0) is 33.9. The molecule has 0 bridgehead atoms. The molecule has 1 atom stereocenters. The van der Waals surface area contributed by atoms with Gasteiger partial charge >= 0.3 is 5.97 Å². The second-order valence-corrected chi connectivity index (χ2v) is 18.0. The standard InChI is InChI=1S/C20H20N6O4S5.C12H23N/c1-10-22-24-19(34-10)32-8-12(9-33-20-25-23-11(2)35-20)16(18(29)30)26-7-14(17(26)28)21-15(27)6-13-4-3-5-31-13;1-3-7-11(8-4-1)13-12-9-5-2-6-10-12/h3-5,14H,6-9H2,1-2H3,(H,21,27)(H,29,30);11-13H,1-10H2. The Labute approximate surface area is 302 Å². The van der Waals surface area contributed by atoms with Crippen molar-refractivity contribution in [1.29, 1.82) is 0 Å². The number of carboxylic acid groups (broad SMARTS) is 1. The average molecular weight is 750 g/mol. The summed E-state index contributed by atoms with van der Waals surface area (Å²) in [6, 6.07) is 4.71. The third-order valence-corrected chi connectivity index (χ3v) is 13.4. The number of aliphatic carboxylic acids is 1. The van der Waals surface area contributed by atoms with E-state index in [0.717, 1.165) is 35.7 Å². The van der Waals surface area contributed by atoms with E-state index >= 15 is 0 Å². The first kappa shape index (κ1) is 36.9. The van der Waals surface area contributed by atoms with Crippen LogP contribution in [0, 0.1) is 13.8 Å². The minimum atomic E-state index is -1.19. The molecule has 2 amide bonds. The Balaban J connectivity index is 0.000000288. The van der Waals surface area contributed by atoms with Gasteiger partial charge in [0.2, 0.25) is 5.91 Å². The smallest absolute Gasteiger partial charge is 0.352 e. The van der Waals surface area contributed by atoms with Gasteiger partial charge in [-0.2, -0.15) is 0 Å². The molecule has 3 aromatic rings. The molecule has 260 valence electrons. The highest BCUT2D eigenvalue weighted by molar-refractivity contribution is 8.02. The Morgan fingerprint density at radius 1 is 0.896 bits per heavy atom. The summed E-state index contributed by atoms with van der Waals surface area (Å²) in [6.45, 7) is 3.80.